The van der Waals surface area contributed by atoms with Gasteiger partial charge >= 0.3 is 0 Å². The largest absolute Gasteiger partial charge is 0.497 e. The Hall–Kier alpha value is -2.09. The third-order valence-corrected chi connectivity index (χ3v) is 6.44. The van der Waals surface area contributed by atoms with Gasteiger partial charge in [0, 0.05) is 19.2 Å². The van der Waals surface area contributed by atoms with Crippen molar-refractivity contribution < 1.29 is 22.6 Å². The number of ether oxygens (including phenoxy) is 3. The van der Waals surface area contributed by atoms with Crippen molar-refractivity contribution in [2.75, 3.05) is 27.3 Å². The van der Waals surface area contributed by atoms with Gasteiger partial charge in [-0.2, -0.15) is 4.31 Å². The van der Waals surface area contributed by atoms with Gasteiger partial charge in [0.1, 0.15) is 16.4 Å². The molecule has 1 aliphatic rings. The van der Waals surface area contributed by atoms with Crippen molar-refractivity contribution in [3.63, 3.8) is 0 Å². The molecule has 0 radical (unpaired) electrons. The van der Waals surface area contributed by atoms with Crippen LogP contribution in [0.25, 0.3) is 0 Å². The highest BCUT2D eigenvalue weighted by Crippen LogP contribution is 2.32. The van der Waals surface area contributed by atoms with Crippen molar-refractivity contribution in [1.29, 1.82) is 0 Å². The quantitative estimate of drug-likeness (QED) is 0.758. The molecular formula is C20H25NO5S. The molecule has 2 aromatic rings. The molecule has 7 heteroatoms. The molecule has 0 bridgehead atoms. The zero-order valence-corrected chi connectivity index (χ0v) is 16.6. The normalized spacial score (nSPS) is 21.0. The lowest BCUT2D eigenvalue weighted by molar-refractivity contribution is -0.0529. The van der Waals surface area contributed by atoms with Crippen molar-refractivity contribution in [2.24, 2.45) is 0 Å². The van der Waals surface area contributed by atoms with Crippen molar-refractivity contribution in [2.45, 2.75) is 30.4 Å². The third-order valence-electron chi connectivity index (χ3n) is 4.59. The Balaban J connectivity index is 1.87. The predicted octanol–water partition coefficient (Wildman–Crippen LogP) is 2.72. The molecule has 0 N–H and O–H groups in total. The lowest BCUT2D eigenvalue weighted by Gasteiger charge is -2.36. The fourth-order valence-corrected chi connectivity index (χ4v) is 5.03. The lowest BCUT2D eigenvalue weighted by atomic mass is 10.1. The third kappa shape index (κ3) is 4.43. The smallest absolute Gasteiger partial charge is 0.247 e. The van der Waals surface area contributed by atoms with Crippen LogP contribution < -0.4 is 9.47 Å². The topological polar surface area (TPSA) is 65.1 Å². The maximum absolute atomic E-state index is 13.3. The summed E-state index contributed by atoms with van der Waals surface area (Å²) >= 11 is 0. The molecule has 3 rings (SSSR count). The zero-order valence-electron chi connectivity index (χ0n) is 15.8. The number of methoxy groups -OCH3 is 2. The van der Waals surface area contributed by atoms with E-state index in [0.717, 1.165) is 5.56 Å². The number of hydrogen-bond donors (Lipinski definition) is 0. The molecule has 0 amide bonds. The van der Waals surface area contributed by atoms with Gasteiger partial charge in [-0.3, -0.25) is 0 Å². The van der Waals surface area contributed by atoms with Crippen molar-refractivity contribution in [3.05, 3.63) is 54.1 Å². The van der Waals surface area contributed by atoms with Crippen LogP contribution in [0.2, 0.25) is 0 Å². The molecule has 1 aliphatic heterocycles. The molecule has 146 valence electrons. The summed E-state index contributed by atoms with van der Waals surface area (Å²) in [5, 5.41) is 0. The van der Waals surface area contributed by atoms with E-state index in [1.165, 1.54) is 24.6 Å². The second-order valence-electron chi connectivity index (χ2n) is 6.60. The van der Waals surface area contributed by atoms with E-state index in [1.807, 2.05) is 37.3 Å². The van der Waals surface area contributed by atoms with Crippen molar-refractivity contribution in [1.82, 2.24) is 4.31 Å². The first kappa shape index (κ1) is 19.7. The van der Waals surface area contributed by atoms with Crippen molar-refractivity contribution >= 4 is 10.0 Å². The van der Waals surface area contributed by atoms with Gasteiger partial charge in [-0.15, -0.1) is 0 Å². The number of sulfonamides is 1. The summed E-state index contributed by atoms with van der Waals surface area (Å²) in [6.07, 6.45) is 0.258. The number of hydrogen-bond acceptors (Lipinski definition) is 5. The van der Waals surface area contributed by atoms with Gasteiger partial charge in [0.2, 0.25) is 10.0 Å². The Morgan fingerprint density at radius 2 is 1.81 bits per heavy atom. The van der Waals surface area contributed by atoms with Gasteiger partial charge < -0.3 is 14.2 Å². The van der Waals surface area contributed by atoms with E-state index in [0.29, 0.717) is 31.0 Å². The zero-order chi connectivity index (χ0) is 19.4. The van der Waals surface area contributed by atoms with Crippen LogP contribution in [-0.2, 0) is 21.2 Å². The average molecular weight is 391 g/mol. The highest BCUT2D eigenvalue weighted by molar-refractivity contribution is 7.89. The van der Waals surface area contributed by atoms with E-state index in [1.54, 1.807) is 12.1 Å². The maximum Gasteiger partial charge on any atom is 0.247 e. The predicted molar refractivity (Wildman–Crippen MR) is 103 cm³/mol. The fourth-order valence-electron chi connectivity index (χ4n) is 3.31. The van der Waals surface area contributed by atoms with Gasteiger partial charge in [0.05, 0.1) is 26.4 Å². The molecule has 0 spiro atoms. The number of nitrogens with zero attached hydrogens (tertiary/aromatic N) is 1. The van der Waals surface area contributed by atoms with E-state index < -0.39 is 10.0 Å². The highest BCUT2D eigenvalue weighted by Gasteiger charge is 2.35. The summed E-state index contributed by atoms with van der Waals surface area (Å²) in [5.41, 5.74) is 1.12. The van der Waals surface area contributed by atoms with Crippen LogP contribution in [-0.4, -0.2) is 52.2 Å². The number of morpholine rings is 1. The minimum Gasteiger partial charge on any atom is -0.497 e. The summed E-state index contributed by atoms with van der Waals surface area (Å²) in [5.74, 6) is 0.770. The fraction of sp³-hybridized carbons (Fsp3) is 0.400. The Morgan fingerprint density at radius 3 is 2.48 bits per heavy atom. The molecule has 6 nitrogen and oxygen atoms in total. The monoisotopic (exact) mass is 391 g/mol. The average Bonchev–Trinajstić information content (AvgIpc) is 2.67. The number of benzene rings is 2. The van der Waals surface area contributed by atoms with E-state index in [4.69, 9.17) is 14.2 Å². The lowest BCUT2D eigenvalue weighted by Crippen LogP contribution is -2.49. The van der Waals surface area contributed by atoms with Gasteiger partial charge in [0.15, 0.2) is 0 Å². The first-order valence-electron chi connectivity index (χ1n) is 8.85. The minimum absolute atomic E-state index is 0.108. The Bertz CT molecular complexity index is 869. The van der Waals surface area contributed by atoms with Crippen LogP contribution in [0, 0.1) is 0 Å². The SMILES string of the molecule is COc1ccc(OC)c(S(=O)(=O)N2CC(C)OC(Cc3ccccc3)C2)c1. The molecule has 27 heavy (non-hydrogen) atoms. The molecule has 0 aromatic heterocycles. The van der Waals surface area contributed by atoms with Gasteiger partial charge in [-0.25, -0.2) is 8.42 Å². The molecule has 1 heterocycles. The van der Waals surface area contributed by atoms with Gasteiger partial charge in [-0.05, 0) is 31.0 Å². The summed E-state index contributed by atoms with van der Waals surface area (Å²) in [6, 6.07) is 14.7. The van der Waals surface area contributed by atoms with Crippen LogP contribution in [0.4, 0.5) is 0 Å². The first-order valence-corrected chi connectivity index (χ1v) is 10.3. The van der Waals surface area contributed by atoms with E-state index in [2.05, 4.69) is 0 Å². The molecule has 1 saturated heterocycles. The summed E-state index contributed by atoms with van der Waals surface area (Å²) in [6.45, 7) is 2.48. The second-order valence-corrected chi connectivity index (χ2v) is 8.50. The van der Waals surface area contributed by atoms with E-state index in [-0.39, 0.29) is 17.1 Å². The standard InChI is InChI=1S/C20H25NO5S/c1-15-13-21(14-18(26-15)11-16-7-5-4-6-8-16)27(22,23)20-12-17(24-2)9-10-19(20)25-3/h4-10,12,15,18H,11,13-14H2,1-3H3. The van der Waals surface area contributed by atoms with Gasteiger partial charge in [0.25, 0.3) is 0 Å². The van der Waals surface area contributed by atoms with Crippen molar-refractivity contribution in [3.8, 4) is 11.5 Å². The molecule has 1 fully saturated rings. The summed E-state index contributed by atoms with van der Waals surface area (Å²) < 4.78 is 44.6. The maximum atomic E-state index is 13.3. The molecule has 0 saturated carbocycles. The second kappa shape index (κ2) is 8.29. The molecule has 2 unspecified atom stereocenters. The molecule has 2 atom stereocenters. The summed E-state index contributed by atoms with van der Waals surface area (Å²) in [4.78, 5) is 0.108. The molecule has 0 aliphatic carbocycles. The van der Waals surface area contributed by atoms with Crippen LogP contribution in [0.1, 0.15) is 12.5 Å². The van der Waals surface area contributed by atoms with E-state index in [9.17, 15) is 8.42 Å². The Kier molecular flexibility index (Phi) is 6.04. The molecule has 2 aromatic carbocycles. The van der Waals surface area contributed by atoms with Crippen LogP contribution in [0.5, 0.6) is 11.5 Å². The minimum atomic E-state index is -3.75. The van der Waals surface area contributed by atoms with Crippen LogP contribution in [0.3, 0.4) is 0 Å². The van der Waals surface area contributed by atoms with Crippen LogP contribution in [0.15, 0.2) is 53.4 Å². The number of rotatable bonds is 6. The highest BCUT2D eigenvalue weighted by atomic mass is 32.2. The van der Waals surface area contributed by atoms with Gasteiger partial charge in [-0.1, -0.05) is 30.3 Å². The summed E-state index contributed by atoms with van der Waals surface area (Å²) in [7, 11) is -0.783. The molecular weight excluding hydrogens is 366 g/mol. The van der Waals surface area contributed by atoms with Crippen LogP contribution >= 0.6 is 0 Å². The first-order chi connectivity index (χ1) is 12.9. The Labute approximate surface area is 160 Å². The Morgan fingerprint density at radius 1 is 1.07 bits per heavy atom. The van der Waals surface area contributed by atoms with E-state index >= 15 is 0 Å².